The zero-order valence-electron chi connectivity index (χ0n) is 15.1. The van der Waals surface area contributed by atoms with Gasteiger partial charge in [-0.2, -0.15) is 4.98 Å². The molecule has 0 unspecified atom stereocenters. The van der Waals surface area contributed by atoms with Gasteiger partial charge < -0.3 is 20.1 Å². The Morgan fingerprint density at radius 1 is 1.04 bits per heavy atom. The fourth-order valence-electron chi connectivity index (χ4n) is 2.41. The van der Waals surface area contributed by atoms with Crippen molar-refractivity contribution in [1.82, 2.24) is 9.97 Å². The van der Waals surface area contributed by atoms with E-state index in [2.05, 4.69) is 20.6 Å². The Hall–Kier alpha value is -3.61. The maximum absolute atomic E-state index is 11.6. The molecule has 27 heavy (non-hydrogen) atoms. The highest BCUT2D eigenvalue weighted by Gasteiger charge is 2.07. The van der Waals surface area contributed by atoms with E-state index in [9.17, 15) is 4.79 Å². The summed E-state index contributed by atoms with van der Waals surface area (Å²) in [5.74, 6) is 1.47. The molecule has 1 heterocycles. The highest BCUT2D eigenvalue weighted by atomic mass is 16.5. The molecule has 0 aliphatic heterocycles. The first-order valence-electron chi connectivity index (χ1n) is 8.46. The summed E-state index contributed by atoms with van der Waals surface area (Å²) < 4.78 is 10.2. The quantitative estimate of drug-likeness (QED) is 0.609. The third-order valence-electron chi connectivity index (χ3n) is 3.63. The lowest BCUT2D eigenvalue weighted by Crippen LogP contribution is -2.03. The molecule has 3 rings (SSSR count). The molecule has 0 saturated carbocycles. The second kappa shape index (κ2) is 8.66. The number of nitrogens with one attached hydrogen (secondary N) is 2. The Balaban J connectivity index is 1.71. The Morgan fingerprint density at radius 2 is 1.85 bits per heavy atom. The molecule has 0 aliphatic rings. The molecule has 2 N–H and O–H groups in total. The third-order valence-corrected chi connectivity index (χ3v) is 3.63. The number of hydrogen-bond donors (Lipinski definition) is 2. The van der Waals surface area contributed by atoms with E-state index in [1.54, 1.807) is 30.5 Å². The van der Waals surface area contributed by atoms with Gasteiger partial charge in [0.15, 0.2) is 0 Å². The van der Waals surface area contributed by atoms with Crippen LogP contribution in [0.2, 0.25) is 0 Å². The second-order valence-corrected chi connectivity index (χ2v) is 5.55. The number of ether oxygens (including phenoxy) is 2. The minimum absolute atomic E-state index is 0.398. The van der Waals surface area contributed by atoms with Crippen LogP contribution in [0.25, 0.3) is 0 Å². The maximum atomic E-state index is 11.6. The van der Waals surface area contributed by atoms with Gasteiger partial charge in [-0.3, -0.25) is 0 Å². The van der Waals surface area contributed by atoms with Crippen molar-refractivity contribution < 1.29 is 14.3 Å². The number of benzene rings is 2. The summed E-state index contributed by atoms with van der Waals surface area (Å²) in [6.07, 6.45) is 1.65. The first-order chi connectivity index (χ1) is 13.2. The van der Waals surface area contributed by atoms with Crippen LogP contribution in [0.3, 0.4) is 0 Å². The second-order valence-electron chi connectivity index (χ2n) is 5.55. The summed E-state index contributed by atoms with van der Waals surface area (Å²) >= 11 is 0. The van der Waals surface area contributed by atoms with Gasteiger partial charge in [0.25, 0.3) is 0 Å². The zero-order valence-corrected chi connectivity index (χ0v) is 15.1. The van der Waals surface area contributed by atoms with E-state index in [4.69, 9.17) is 9.47 Å². The molecule has 2 aromatic carbocycles. The normalized spacial score (nSPS) is 10.1. The lowest BCUT2D eigenvalue weighted by atomic mass is 10.2. The number of carbonyl (C=O) groups is 1. The lowest BCUT2D eigenvalue weighted by Gasteiger charge is -2.10. The topological polar surface area (TPSA) is 85.4 Å². The van der Waals surface area contributed by atoms with Crippen LogP contribution in [0.4, 0.5) is 23.1 Å². The van der Waals surface area contributed by atoms with Crippen molar-refractivity contribution in [2.45, 2.75) is 6.92 Å². The molecule has 0 amide bonds. The summed E-state index contributed by atoms with van der Waals surface area (Å²) in [4.78, 5) is 20.3. The van der Waals surface area contributed by atoms with Gasteiger partial charge in [0.2, 0.25) is 5.95 Å². The number of rotatable bonds is 7. The van der Waals surface area contributed by atoms with Crippen LogP contribution >= 0.6 is 0 Å². The monoisotopic (exact) mass is 364 g/mol. The van der Waals surface area contributed by atoms with Crippen molar-refractivity contribution in [2.24, 2.45) is 0 Å². The summed E-state index contributed by atoms with van der Waals surface area (Å²) in [5, 5.41) is 6.30. The summed E-state index contributed by atoms with van der Waals surface area (Å²) in [6.45, 7) is 2.58. The van der Waals surface area contributed by atoms with Crippen LogP contribution < -0.4 is 15.4 Å². The van der Waals surface area contributed by atoms with Crippen molar-refractivity contribution in [2.75, 3.05) is 24.4 Å². The molecule has 7 nitrogen and oxygen atoms in total. The Labute approximate surface area is 157 Å². The largest absolute Gasteiger partial charge is 0.494 e. The molecule has 0 aliphatic carbocycles. The van der Waals surface area contributed by atoms with Gasteiger partial charge in [-0.1, -0.05) is 6.07 Å². The number of carbonyl (C=O) groups excluding carboxylic acids is 1. The molecule has 0 saturated heterocycles. The number of nitrogens with zero attached hydrogens (tertiary/aromatic N) is 2. The molecule has 0 fully saturated rings. The average molecular weight is 364 g/mol. The van der Waals surface area contributed by atoms with Crippen molar-refractivity contribution >= 4 is 29.1 Å². The molecule has 0 radical (unpaired) electrons. The molecular weight excluding hydrogens is 344 g/mol. The molecule has 1 aromatic heterocycles. The van der Waals surface area contributed by atoms with Crippen LogP contribution in [0, 0.1) is 0 Å². The standard InChI is InChI=1S/C20H20N4O3/c1-3-27-17-9-7-15(8-10-17)22-18-11-12-21-20(24-18)23-16-6-4-5-14(13-16)19(25)26-2/h4-13H,3H2,1-2H3,(H2,21,22,23,24). The van der Waals surface area contributed by atoms with Crippen LogP contribution in [-0.2, 0) is 4.74 Å². The SMILES string of the molecule is CCOc1ccc(Nc2ccnc(Nc3cccc(C(=O)OC)c3)n2)cc1. The van der Waals surface area contributed by atoms with E-state index >= 15 is 0 Å². The first-order valence-corrected chi connectivity index (χ1v) is 8.46. The lowest BCUT2D eigenvalue weighted by molar-refractivity contribution is 0.0601. The van der Waals surface area contributed by atoms with Crippen molar-refractivity contribution in [3.05, 3.63) is 66.4 Å². The van der Waals surface area contributed by atoms with E-state index in [1.165, 1.54) is 7.11 Å². The minimum Gasteiger partial charge on any atom is -0.494 e. The van der Waals surface area contributed by atoms with Gasteiger partial charge in [0, 0.05) is 17.6 Å². The number of aromatic nitrogens is 2. The van der Waals surface area contributed by atoms with Crippen LogP contribution in [-0.4, -0.2) is 29.7 Å². The molecular formula is C20H20N4O3. The highest BCUT2D eigenvalue weighted by Crippen LogP contribution is 2.21. The van der Waals surface area contributed by atoms with Gasteiger partial charge in [-0.15, -0.1) is 0 Å². The molecule has 0 atom stereocenters. The summed E-state index contributed by atoms with van der Waals surface area (Å²) in [5.41, 5.74) is 2.03. The Morgan fingerprint density at radius 3 is 2.59 bits per heavy atom. The predicted octanol–water partition coefficient (Wildman–Crippen LogP) is 4.15. The first kappa shape index (κ1) is 18.2. The van der Waals surface area contributed by atoms with Crippen LogP contribution in [0.1, 0.15) is 17.3 Å². The minimum atomic E-state index is -0.398. The molecule has 3 aromatic rings. The Kier molecular flexibility index (Phi) is 5.84. The number of esters is 1. The molecule has 138 valence electrons. The van der Waals surface area contributed by atoms with Crippen molar-refractivity contribution in [1.29, 1.82) is 0 Å². The van der Waals surface area contributed by atoms with Gasteiger partial charge in [0.1, 0.15) is 11.6 Å². The fourth-order valence-corrected chi connectivity index (χ4v) is 2.41. The smallest absolute Gasteiger partial charge is 0.337 e. The van der Waals surface area contributed by atoms with Gasteiger partial charge in [-0.25, -0.2) is 9.78 Å². The van der Waals surface area contributed by atoms with E-state index in [0.717, 1.165) is 11.4 Å². The molecule has 0 spiro atoms. The van der Waals surface area contributed by atoms with Gasteiger partial charge in [0.05, 0.1) is 19.3 Å². The van der Waals surface area contributed by atoms with Crippen molar-refractivity contribution in [3.63, 3.8) is 0 Å². The number of anilines is 4. The van der Waals surface area contributed by atoms with Crippen molar-refractivity contribution in [3.8, 4) is 5.75 Å². The third kappa shape index (κ3) is 4.94. The number of hydrogen-bond acceptors (Lipinski definition) is 7. The van der Waals surface area contributed by atoms with E-state index in [1.807, 2.05) is 37.3 Å². The number of methoxy groups -OCH3 is 1. The maximum Gasteiger partial charge on any atom is 0.337 e. The van der Waals surface area contributed by atoms with E-state index in [0.29, 0.717) is 29.6 Å². The van der Waals surface area contributed by atoms with Crippen LogP contribution in [0.15, 0.2) is 60.8 Å². The van der Waals surface area contributed by atoms with Gasteiger partial charge in [-0.05, 0) is 55.5 Å². The van der Waals surface area contributed by atoms with Gasteiger partial charge >= 0.3 is 5.97 Å². The van der Waals surface area contributed by atoms with Crippen LogP contribution in [0.5, 0.6) is 5.75 Å². The molecule has 0 bridgehead atoms. The zero-order chi connectivity index (χ0) is 19.1. The highest BCUT2D eigenvalue weighted by molar-refractivity contribution is 5.90. The fraction of sp³-hybridized carbons (Fsp3) is 0.150. The Bertz CT molecular complexity index is 913. The average Bonchev–Trinajstić information content (AvgIpc) is 2.69. The predicted molar refractivity (Wildman–Crippen MR) is 104 cm³/mol. The summed E-state index contributed by atoms with van der Waals surface area (Å²) in [7, 11) is 1.35. The van der Waals surface area contributed by atoms with E-state index in [-0.39, 0.29) is 0 Å². The molecule has 7 heteroatoms. The van der Waals surface area contributed by atoms with E-state index < -0.39 is 5.97 Å². The summed E-state index contributed by atoms with van der Waals surface area (Å²) in [6, 6.07) is 16.3.